The molecule has 0 radical (unpaired) electrons. The summed E-state index contributed by atoms with van der Waals surface area (Å²) in [7, 11) is 0. The largest absolute Gasteiger partial charge is 0.353 e. The van der Waals surface area contributed by atoms with Gasteiger partial charge in [-0.05, 0) is 6.42 Å². The van der Waals surface area contributed by atoms with Crippen molar-refractivity contribution >= 4 is 18.3 Å². The first-order chi connectivity index (χ1) is 6.83. The van der Waals surface area contributed by atoms with Crippen LogP contribution in [0, 0.1) is 0 Å². The molecule has 1 rings (SSSR count). The molecular weight excluding hydrogens is 210 g/mol. The maximum atomic E-state index is 10.6. The van der Waals surface area contributed by atoms with E-state index in [2.05, 4.69) is 12.2 Å². The van der Waals surface area contributed by atoms with Gasteiger partial charge in [0.05, 0.1) is 0 Å². The number of hydrogen-bond acceptors (Lipinski definition) is 1. The molecule has 1 unspecified atom stereocenters. The van der Waals surface area contributed by atoms with Crippen molar-refractivity contribution in [2.45, 2.75) is 70.8 Å². The minimum Gasteiger partial charge on any atom is -0.353 e. The highest BCUT2D eigenvalue weighted by atomic mass is 35.5. The molecule has 0 aromatic carbocycles. The Kier molecular flexibility index (Phi) is 8.88. The third kappa shape index (κ3) is 6.77. The average Bonchev–Trinajstić information content (AvgIpc) is 2.13. The fraction of sp³-hybridized carbons (Fsp3) is 0.917. The van der Waals surface area contributed by atoms with Gasteiger partial charge in [0.15, 0.2) is 0 Å². The Bertz CT molecular complexity index is 165. The molecule has 0 saturated carbocycles. The first kappa shape index (κ1) is 14.8. The highest BCUT2D eigenvalue weighted by molar-refractivity contribution is 5.85. The van der Waals surface area contributed by atoms with Crippen molar-refractivity contribution < 1.29 is 4.79 Å². The molecule has 1 N–H and O–H groups in total. The number of hydrogen-bond donors (Lipinski definition) is 1. The first-order valence-electron chi connectivity index (χ1n) is 6.12. The molecule has 1 aliphatic rings. The number of carbonyl (C=O) groups excluding carboxylic acids is 1. The summed E-state index contributed by atoms with van der Waals surface area (Å²) in [4.78, 5) is 10.6. The molecule has 1 saturated heterocycles. The zero-order valence-electron chi connectivity index (χ0n) is 9.76. The van der Waals surface area contributed by atoms with Crippen molar-refractivity contribution in [2.75, 3.05) is 0 Å². The molecule has 0 aromatic heterocycles. The number of amides is 1. The van der Waals surface area contributed by atoms with Gasteiger partial charge in [-0.25, -0.2) is 0 Å². The van der Waals surface area contributed by atoms with E-state index in [9.17, 15) is 4.79 Å². The second-order valence-electron chi connectivity index (χ2n) is 4.38. The van der Waals surface area contributed by atoms with E-state index >= 15 is 0 Å². The molecule has 15 heavy (non-hydrogen) atoms. The lowest BCUT2D eigenvalue weighted by Crippen LogP contribution is -2.48. The van der Waals surface area contributed by atoms with E-state index in [-0.39, 0.29) is 18.3 Å². The van der Waals surface area contributed by atoms with Gasteiger partial charge in [-0.15, -0.1) is 12.4 Å². The van der Waals surface area contributed by atoms with Crippen LogP contribution in [0.15, 0.2) is 0 Å². The van der Waals surface area contributed by atoms with Crippen LogP contribution in [0.3, 0.4) is 0 Å². The van der Waals surface area contributed by atoms with Gasteiger partial charge in [0.25, 0.3) is 0 Å². The van der Waals surface area contributed by atoms with Gasteiger partial charge in [-0.2, -0.15) is 0 Å². The highest BCUT2D eigenvalue weighted by Gasteiger charge is 2.23. The van der Waals surface area contributed by atoms with Gasteiger partial charge in [0, 0.05) is 12.5 Å². The lowest BCUT2D eigenvalue weighted by Gasteiger charge is -2.26. The third-order valence-corrected chi connectivity index (χ3v) is 2.95. The molecule has 90 valence electrons. The van der Waals surface area contributed by atoms with E-state index in [1.165, 1.54) is 51.4 Å². The van der Waals surface area contributed by atoms with Crippen molar-refractivity contribution in [2.24, 2.45) is 0 Å². The Morgan fingerprint density at radius 1 is 1.13 bits per heavy atom. The third-order valence-electron chi connectivity index (χ3n) is 2.95. The average molecular weight is 234 g/mol. The molecule has 0 aliphatic carbocycles. The highest BCUT2D eigenvalue weighted by Crippen LogP contribution is 2.14. The van der Waals surface area contributed by atoms with Crippen molar-refractivity contribution in [3.63, 3.8) is 0 Å². The summed E-state index contributed by atoms with van der Waals surface area (Å²) >= 11 is 0. The Hall–Kier alpha value is -0.240. The number of halogens is 1. The second-order valence-corrected chi connectivity index (χ2v) is 4.38. The fourth-order valence-corrected chi connectivity index (χ4v) is 1.95. The van der Waals surface area contributed by atoms with Crippen LogP contribution in [0.25, 0.3) is 0 Å². The summed E-state index contributed by atoms with van der Waals surface area (Å²) in [5, 5.41) is 2.92. The van der Waals surface area contributed by atoms with Gasteiger partial charge in [0.2, 0.25) is 5.91 Å². The van der Waals surface area contributed by atoms with Gasteiger partial charge in [-0.1, -0.05) is 51.9 Å². The van der Waals surface area contributed by atoms with Gasteiger partial charge in [0.1, 0.15) is 0 Å². The Balaban J connectivity index is 0.00000196. The fourth-order valence-electron chi connectivity index (χ4n) is 1.95. The first-order valence-corrected chi connectivity index (χ1v) is 6.12. The normalized spacial score (nSPS) is 19.0. The minimum absolute atomic E-state index is 0. The van der Waals surface area contributed by atoms with Crippen LogP contribution >= 0.6 is 12.4 Å². The van der Waals surface area contributed by atoms with Gasteiger partial charge in [-0.3, -0.25) is 4.79 Å². The summed E-state index contributed by atoms with van der Waals surface area (Å²) in [6.07, 6.45) is 11.5. The topological polar surface area (TPSA) is 29.1 Å². The van der Waals surface area contributed by atoms with Crippen LogP contribution in [0.2, 0.25) is 0 Å². The summed E-state index contributed by atoms with van der Waals surface area (Å²) in [5.74, 6) is 0.234. The molecule has 0 bridgehead atoms. The summed E-state index contributed by atoms with van der Waals surface area (Å²) in [5.41, 5.74) is 0. The van der Waals surface area contributed by atoms with Crippen LogP contribution < -0.4 is 5.32 Å². The summed E-state index contributed by atoms with van der Waals surface area (Å²) < 4.78 is 0. The molecule has 1 aliphatic heterocycles. The number of carbonyl (C=O) groups is 1. The lowest BCUT2D eigenvalue weighted by atomic mass is 9.98. The van der Waals surface area contributed by atoms with Crippen molar-refractivity contribution in [3.05, 3.63) is 0 Å². The van der Waals surface area contributed by atoms with E-state index in [4.69, 9.17) is 0 Å². The Labute approximate surface area is 99.6 Å². The number of unbranched alkanes of at least 4 members (excludes halogenated alkanes) is 6. The van der Waals surface area contributed by atoms with Crippen LogP contribution in [0.1, 0.15) is 64.7 Å². The quantitative estimate of drug-likeness (QED) is 0.505. The van der Waals surface area contributed by atoms with Crippen LogP contribution in [-0.4, -0.2) is 11.9 Å². The lowest BCUT2D eigenvalue weighted by molar-refractivity contribution is -0.128. The van der Waals surface area contributed by atoms with E-state index in [0.29, 0.717) is 6.04 Å². The Morgan fingerprint density at radius 3 is 2.20 bits per heavy atom. The number of rotatable bonds is 8. The van der Waals surface area contributed by atoms with Crippen molar-refractivity contribution in [1.29, 1.82) is 0 Å². The van der Waals surface area contributed by atoms with Crippen LogP contribution in [0.5, 0.6) is 0 Å². The molecule has 0 aromatic rings. The number of nitrogens with one attached hydrogen (secondary N) is 1. The van der Waals surface area contributed by atoms with E-state index in [0.717, 1.165) is 6.42 Å². The molecule has 0 spiro atoms. The SMILES string of the molecule is CCCCCCCCCC1CC(=O)N1.Cl. The summed E-state index contributed by atoms with van der Waals surface area (Å²) in [6.45, 7) is 2.25. The minimum atomic E-state index is 0. The van der Waals surface area contributed by atoms with Gasteiger partial charge < -0.3 is 5.32 Å². The second kappa shape index (κ2) is 9.02. The predicted octanol–water partition coefficient (Wildman–Crippen LogP) is 3.44. The Morgan fingerprint density at radius 2 is 1.67 bits per heavy atom. The zero-order valence-corrected chi connectivity index (χ0v) is 10.6. The van der Waals surface area contributed by atoms with Gasteiger partial charge >= 0.3 is 0 Å². The summed E-state index contributed by atoms with van der Waals surface area (Å²) in [6, 6.07) is 0.512. The standard InChI is InChI=1S/C12H23NO.ClH/c1-2-3-4-5-6-7-8-9-11-10-12(14)13-11;/h11H,2-10H2,1H3,(H,13,14);1H. The molecule has 1 heterocycles. The molecule has 1 amide bonds. The number of β-lactam (4-membered cyclic amide) rings is 1. The zero-order chi connectivity index (χ0) is 10.2. The van der Waals surface area contributed by atoms with Crippen molar-refractivity contribution in [3.8, 4) is 0 Å². The smallest absolute Gasteiger partial charge is 0.222 e. The molecular formula is C12H24ClNO. The molecule has 3 heteroatoms. The molecule has 2 nitrogen and oxygen atoms in total. The molecule has 1 fully saturated rings. The van der Waals surface area contributed by atoms with E-state index in [1.807, 2.05) is 0 Å². The van der Waals surface area contributed by atoms with E-state index < -0.39 is 0 Å². The predicted molar refractivity (Wildman–Crippen MR) is 66.4 cm³/mol. The maximum absolute atomic E-state index is 10.6. The molecule has 1 atom stereocenters. The maximum Gasteiger partial charge on any atom is 0.222 e. The van der Waals surface area contributed by atoms with Crippen LogP contribution in [0.4, 0.5) is 0 Å². The van der Waals surface area contributed by atoms with E-state index in [1.54, 1.807) is 0 Å². The monoisotopic (exact) mass is 233 g/mol. The van der Waals surface area contributed by atoms with Crippen LogP contribution in [-0.2, 0) is 4.79 Å². The van der Waals surface area contributed by atoms with Crippen molar-refractivity contribution in [1.82, 2.24) is 5.32 Å².